The Hall–Kier alpha value is -0.570. The lowest BCUT2D eigenvalue weighted by molar-refractivity contribution is -0.136. The minimum Gasteiger partial charge on any atom is -0.389 e. The van der Waals surface area contributed by atoms with Crippen LogP contribution < -0.4 is 0 Å². The van der Waals surface area contributed by atoms with E-state index in [1.165, 1.54) is 0 Å². The molecule has 0 fully saturated rings. The Labute approximate surface area is 80.7 Å². The lowest BCUT2D eigenvalue weighted by Crippen LogP contribution is -2.41. The number of rotatable bonds is 4. The summed E-state index contributed by atoms with van der Waals surface area (Å²) in [5.74, 6) is 0.150. The lowest BCUT2D eigenvalue weighted by atomic mass is 10.1. The van der Waals surface area contributed by atoms with E-state index in [-0.39, 0.29) is 11.8 Å². The highest BCUT2D eigenvalue weighted by molar-refractivity contribution is 5.78. The molecule has 0 aliphatic carbocycles. The van der Waals surface area contributed by atoms with E-state index in [4.69, 9.17) is 0 Å². The van der Waals surface area contributed by atoms with Gasteiger partial charge in [0, 0.05) is 19.5 Å². The van der Waals surface area contributed by atoms with Crippen molar-refractivity contribution in [2.24, 2.45) is 5.92 Å². The fourth-order valence-corrected chi connectivity index (χ4v) is 1.21. The second-order valence-corrected chi connectivity index (χ2v) is 4.32. The number of carbonyl (C=O) groups is 1. The standard InChI is InChI=1S/C10H21NO2/c1-6-8(2)9(12)11(5)7-10(3,4)13/h8,13H,6-7H2,1-5H3. The van der Waals surface area contributed by atoms with Gasteiger partial charge in [-0.3, -0.25) is 4.79 Å². The lowest BCUT2D eigenvalue weighted by Gasteiger charge is -2.27. The fraction of sp³-hybridized carbons (Fsp3) is 0.900. The van der Waals surface area contributed by atoms with Gasteiger partial charge in [-0.05, 0) is 20.3 Å². The van der Waals surface area contributed by atoms with Gasteiger partial charge in [-0.2, -0.15) is 0 Å². The molecule has 0 heterocycles. The first-order chi connectivity index (χ1) is 5.78. The largest absolute Gasteiger partial charge is 0.389 e. The summed E-state index contributed by atoms with van der Waals surface area (Å²) in [4.78, 5) is 13.2. The summed E-state index contributed by atoms with van der Waals surface area (Å²) in [6.45, 7) is 7.68. The zero-order valence-corrected chi connectivity index (χ0v) is 9.29. The van der Waals surface area contributed by atoms with Gasteiger partial charge in [0.1, 0.15) is 0 Å². The first-order valence-corrected chi connectivity index (χ1v) is 4.75. The summed E-state index contributed by atoms with van der Waals surface area (Å²) in [5, 5.41) is 9.50. The van der Waals surface area contributed by atoms with E-state index in [0.29, 0.717) is 6.54 Å². The van der Waals surface area contributed by atoms with E-state index < -0.39 is 5.60 Å². The van der Waals surface area contributed by atoms with Gasteiger partial charge in [0.25, 0.3) is 0 Å². The molecule has 3 heteroatoms. The average Bonchev–Trinajstić information content (AvgIpc) is 1.98. The molecule has 0 spiro atoms. The molecule has 0 aromatic rings. The maximum atomic E-state index is 11.6. The Morgan fingerprint density at radius 1 is 1.54 bits per heavy atom. The van der Waals surface area contributed by atoms with Crippen LogP contribution in [0.4, 0.5) is 0 Å². The van der Waals surface area contributed by atoms with E-state index in [0.717, 1.165) is 6.42 Å². The highest BCUT2D eigenvalue weighted by Crippen LogP contribution is 2.09. The zero-order valence-electron chi connectivity index (χ0n) is 9.29. The van der Waals surface area contributed by atoms with E-state index in [9.17, 15) is 9.90 Å². The third kappa shape index (κ3) is 4.88. The van der Waals surface area contributed by atoms with Crippen LogP contribution in [0, 0.1) is 5.92 Å². The van der Waals surface area contributed by atoms with Crippen LogP contribution in [-0.2, 0) is 4.79 Å². The van der Waals surface area contributed by atoms with Gasteiger partial charge in [0.2, 0.25) is 5.91 Å². The number of carbonyl (C=O) groups excluding carboxylic acids is 1. The zero-order chi connectivity index (χ0) is 10.6. The van der Waals surface area contributed by atoms with Crippen molar-refractivity contribution in [2.45, 2.75) is 39.7 Å². The molecule has 78 valence electrons. The first-order valence-electron chi connectivity index (χ1n) is 4.75. The Morgan fingerprint density at radius 3 is 2.31 bits per heavy atom. The molecule has 0 aliphatic heterocycles. The first kappa shape index (κ1) is 12.4. The quantitative estimate of drug-likeness (QED) is 0.720. The summed E-state index contributed by atoms with van der Waals surface area (Å²) < 4.78 is 0. The minimum atomic E-state index is -0.808. The average molecular weight is 187 g/mol. The Balaban J connectivity index is 4.12. The summed E-state index contributed by atoms with van der Waals surface area (Å²) in [6, 6.07) is 0. The molecule has 0 saturated heterocycles. The number of hydrogen-bond acceptors (Lipinski definition) is 2. The molecule has 0 radical (unpaired) electrons. The van der Waals surface area contributed by atoms with Gasteiger partial charge in [0.05, 0.1) is 5.60 Å². The molecule has 0 aromatic heterocycles. The van der Waals surface area contributed by atoms with Crippen LogP contribution in [0.5, 0.6) is 0 Å². The monoisotopic (exact) mass is 187 g/mol. The molecule has 1 unspecified atom stereocenters. The number of likely N-dealkylation sites (N-methyl/N-ethyl adjacent to an activating group) is 1. The summed E-state index contributed by atoms with van der Waals surface area (Å²) >= 11 is 0. The van der Waals surface area contributed by atoms with Crippen LogP contribution >= 0.6 is 0 Å². The molecule has 0 aliphatic rings. The second-order valence-electron chi connectivity index (χ2n) is 4.32. The van der Waals surface area contributed by atoms with E-state index in [2.05, 4.69) is 0 Å². The van der Waals surface area contributed by atoms with Gasteiger partial charge in [-0.1, -0.05) is 13.8 Å². The summed E-state index contributed by atoms with van der Waals surface area (Å²) in [7, 11) is 1.73. The van der Waals surface area contributed by atoms with Crippen molar-refractivity contribution in [1.82, 2.24) is 4.90 Å². The Bertz CT molecular complexity index is 172. The third-order valence-electron chi connectivity index (χ3n) is 2.03. The number of amides is 1. The fourth-order valence-electron chi connectivity index (χ4n) is 1.21. The normalized spacial score (nSPS) is 14.0. The van der Waals surface area contributed by atoms with Gasteiger partial charge in [-0.25, -0.2) is 0 Å². The third-order valence-corrected chi connectivity index (χ3v) is 2.03. The molecular weight excluding hydrogens is 166 g/mol. The smallest absolute Gasteiger partial charge is 0.225 e. The van der Waals surface area contributed by atoms with E-state index >= 15 is 0 Å². The Morgan fingerprint density at radius 2 is 2.00 bits per heavy atom. The van der Waals surface area contributed by atoms with Crippen LogP contribution in [0.1, 0.15) is 34.1 Å². The molecule has 1 amide bonds. The highest BCUT2D eigenvalue weighted by atomic mass is 16.3. The Kier molecular flexibility index (Phi) is 4.40. The topological polar surface area (TPSA) is 40.5 Å². The molecule has 0 bridgehead atoms. The van der Waals surface area contributed by atoms with Gasteiger partial charge in [-0.15, -0.1) is 0 Å². The predicted molar refractivity (Wildman–Crippen MR) is 53.4 cm³/mol. The van der Waals surface area contributed by atoms with E-state index in [1.807, 2.05) is 13.8 Å². The van der Waals surface area contributed by atoms with Gasteiger partial charge in [0.15, 0.2) is 0 Å². The van der Waals surface area contributed by atoms with Crippen LogP contribution in [0.15, 0.2) is 0 Å². The molecular formula is C10H21NO2. The summed E-state index contributed by atoms with van der Waals surface area (Å²) in [5.41, 5.74) is -0.808. The molecule has 1 N–H and O–H groups in total. The van der Waals surface area contributed by atoms with Gasteiger partial charge < -0.3 is 10.0 Å². The molecule has 1 atom stereocenters. The minimum absolute atomic E-state index is 0.0485. The predicted octanol–water partition coefficient (Wildman–Crippen LogP) is 1.26. The van der Waals surface area contributed by atoms with Gasteiger partial charge >= 0.3 is 0 Å². The molecule has 0 saturated carbocycles. The molecule has 3 nitrogen and oxygen atoms in total. The van der Waals surface area contributed by atoms with Crippen molar-refractivity contribution in [1.29, 1.82) is 0 Å². The summed E-state index contributed by atoms with van der Waals surface area (Å²) in [6.07, 6.45) is 0.842. The van der Waals surface area contributed by atoms with Crippen LogP contribution in [-0.4, -0.2) is 35.1 Å². The maximum absolute atomic E-state index is 11.6. The van der Waals surface area contributed by atoms with Crippen molar-refractivity contribution in [2.75, 3.05) is 13.6 Å². The van der Waals surface area contributed by atoms with Crippen molar-refractivity contribution in [3.8, 4) is 0 Å². The number of hydrogen-bond donors (Lipinski definition) is 1. The van der Waals surface area contributed by atoms with Crippen molar-refractivity contribution in [3.63, 3.8) is 0 Å². The van der Waals surface area contributed by atoms with Crippen molar-refractivity contribution >= 4 is 5.91 Å². The second kappa shape index (κ2) is 4.61. The number of aliphatic hydroxyl groups is 1. The van der Waals surface area contributed by atoms with E-state index in [1.54, 1.807) is 25.8 Å². The van der Waals surface area contributed by atoms with Crippen LogP contribution in [0.25, 0.3) is 0 Å². The van der Waals surface area contributed by atoms with Crippen molar-refractivity contribution in [3.05, 3.63) is 0 Å². The number of nitrogens with zero attached hydrogens (tertiary/aromatic N) is 1. The highest BCUT2D eigenvalue weighted by Gasteiger charge is 2.21. The molecule has 0 rings (SSSR count). The van der Waals surface area contributed by atoms with Crippen LogP contribution in [0.2, 0.25) is 0 Å². The maximum Gasteiger partial charge on any atom is 0.225 e. The van der Waals surface area contributed by atoms with Crippen LogP contribution in [0.3, 0.4) is 0 Å². The molecule has 13 heavy (non-hydrogen) atoms. The molecule has 0 aromatic carbocycles. The van der Waals surface area contributed by atoms with Crippen molar-refractivity contribution < 1.29 is 9.90 Å². The SMILES string of the molecule is CCC(C)C(=O)N(C)CC(C)(C)O.